The maximum atomic E-state index is 12.1. The van der Waals surface area contributed by atoms with Gasteiger partial charge < -0.3 is 15.0 Å². The van der Waals surface area contributed by atoms with Crippen LogP contribution in [0.3, 0.4) is 0 Å². The number of ether oxygens (including phenoxy) is 1. The molecule has 0 aromatic rings. The highest BCUT2D eigenvalue weighted by molar-refractivity contribution is 7.91. The van der Waals surface area contributed by atoms with Crippen molar-refractivity contribution in [3.63, 3.8) is 0 Å². The average molecular weight is 346 g/mol. The summed E-state index contributed by atoms with van der Waals surface area (Å²) in [5.41, 5.74) is -0.463. The van der Waals surface area contributed by atoms with Crippen LogP contribution in [0.4, 0.5) is 4.79 Å². The number of rotatable bonds is 3. The van der Waals surface area contributed by atoms with Crippen LogP contribution < -0.4 is 5.32 Å². The molecule has 2 fully saturated rings. The van der Waals surface area contributed by atoms with Gasteiger partial charge in [-0.15, -0.1) is 0 Å². The topological polar surface area (TPSA) is 75.7 Å². The van der Waals surface area contributed by atoms with E-state index in [9.17, 15) is 13.2 Å². The Hall–Kier alpha value is -0.820. The average Bonchev–Trinajstić information content (AvgIpc) is 2.62. The lowest BCUT2D eigenvalue weighted by Crippen LogP contribution is -2.38. The molecule has 6 nitrogen and oxygen atoms in total. The standard InChI is InChI=1S/C16H30N2O4S/c1-16(2,3)22-15(19)18-8-4-5-14(6-9-18)17-11-13-7-10-23(20,21)12-13/h13-14,17H,4-12H2,1-3H3. The number of carbonyl (C=O) groups is 1. The number of likely N-dealkylation sites (tertiary alicyclic amines) is 1. The first-order valence-corrected chi connectivity index (χ1v) is 10.4. The van der Waals surface area contributed by atoms with Gasteiger partial charge in [-0.2, -0.15) is 0 Å². The van der Waals surface area contributed by atoms with Crippen molar-refractivity contribution < 1.29 is 17.9 Å². The van der Waals surface area contributed by atoms with Crippen LogP contribution in [0.2, 0.25) is 0 Å². The van der Waals surface area contributed by atoms with E-state index in [0.717, 1.165) is 38.8 Å². The summed E-state index contributed by atoms with van der Waals surface area (Å²) >= 11 is 0. The van der Waals surface area contributed by atoms with Crippen LogP contribution in [0.1, 0.15) is 46.5 Å². The fourth-order valence-corrected chi connectivity index (χ4v) is 5.04. The van der Waals surface area contributed by atoms with Gasteiger partial charge in [0.15, 0.2) is 9.84 Å². The Labute approximate surface area is 139 Å². The molecule has 0 aromatic carbocycles. The summed E-state index contributed by atoms with van der Waals surface area (Å²) in [6.07, 6.45) is 3.38. The van der Waals surface area contributed by atoms with Crippen molar-refractivity contribution in [3.05, 3.63) is 0 Å². The highest BCUT2D eigenvalue weighted by Crippen LogP contribution is 2.19. The van der Waals surface area contributed by atoms with Crippen molar-refractivity contribution in [1.82, 2.24) is 10.2 Å². The zero-order valence-corrected chi connectivity index (χ0v) is 15.3. The third-order valence-corrected chi connectivity index (χ3v) is 6.24. The Kier molecular flexibility index (Phi) is 5.94. The number of carbonyl (C=O) groups excluding carboxylic acids is 1. The van der Waals surface area contributed by atoms with E-state index in [4.69, 9.17) is 4.74 Å². The Balaban J connectivity index is 1.74. The lowest BCUT2D eigenvalue weighted by molar-refractivity contribution is 0.0256. The van der Waals surface area contributed by atoms with Crippen LogP contribution in [0.25, 0.3) is 0 Å². The Morgan fingerprint density at radius 3 is 2.57 bits per heavy atom. The fourth-order valence-electron chi connectivity index (χ4n) is 3.18. The second-order valence-corrected chi connectivity index (χ2v) is 10.0. The molecule has 0 aromatic heterocycles. The molecule has 0 aliphatic carbocycles. The number of sulfone groups is 1. The normalized spacial score (nSPS) is 28.4. The molecular weight excluding hydrogens is 316 g/mol. The summed E-state index contributed by atoms with van der Waals surface area (Å²) in [4.78, 5) is 13.9. The van der Waals surface area contributed by atoms with Gasteiger partial charge in [-0.3, -0.25) is 0 Å². The minimum absolute atomic E-state index is 0.236. The first kappa shape index (κ1) is 18.5. The summed E-state index contributed by atoms with van der Waals surface area (Å²) in [5, 5.41) is 3.51. The molecule has 2 heterocycles. The van der Waals surface area contributed by atoms with Crippen molar-refractivity contribution >= 4 is 15.9 Å². The summed E-state index contributed by atoms with van der Waals surface area (Å²) in [7, 11) is -2.80. The van der Waals surface area contributed by atoms with Gasteiger partial charge in [-0.25, -0.2) is 13.2 Å². The molecule has 2 saturated heterocycles. The molecule has 2 unspecified atom stereocenters. The van der Waals surface area contributed by atoms with E-state index < -0.39 is 15.4 Å². The van der Waals surface area contributed by atoms with Gasteiger partial charge in [0.05, 0.1) is 11.5 Å². The molecule has 0 spiro atoms. The zero-order valence-electron chi connectivity index (χ0n) is 14.5. The molecule has 0 bridgehead atoms. The molecule has 1 amide bonds. The smallest absolute Gasteiger partial charge is 0.410 e. The van der Waals surface area contributed by atoms with Gasteiger partial charge in [-0.1, -0.05) is 0 Å². The Morgan fingerprint density at radius 1 is 1.22 bits per heavy atom. The number of hydrogen-bond donors (Lipinski definition) is 1. The largest absolute Gasteiger partial charge is 0.444 e. The first-order chi connectivity index (χ1) is 10.6. The lowest BCUT2D eigenvalue weighted by atomic mass is 10.1. The Morgan fingerprint density at radius 2 is 1.96 bits per heavy atom. The SMILES string of the molecule is CC(C)(C)OC(=O)N1CCCC(NCC2CCS(=O)(=O)C2)CC1. The van der Waals surface area contributed by atoms with Crippen LogP contribution in [-0.4, -0.2) is 62.2 Å². The predicted molar refractivity (Wildman–Crippen MR) is 90.2 cm³/mol. The van der Waals surface area contributed by atoms with Crippen molar-refractivity contribution in [1.29, 1.82) is 0 Å². The maximum absolute atomic E-state index is 12.1. The quantitative estimate of drug-likeness (QED) is 0.843. The molecule has 0 saturated carbocycles. The van der Waals surface area contributed by atoms with Gasteiger partial charge in [0.25, 0.3) is 0 Å². The van der Waals surface area contributed by atoms with Gasteiger partial charge in [0.1, 0.15) is 5.60 Å². The van der Waals surface area contributed by atoms with Gasteiger partial charge >= 0.3 is 6.09 Å². The van der Waals surface area contributed by atoms with E-state index in [1.165, 1.54) is 0 Å². The number of amides is 1. The van der Waals surface area contributed by atoms with Gasteiger partial charge in [0, 0.05) is 19.1 Å². The molecule has 2 atom stereocenters. The van der Waals surface area contributed by atoms with Crippen molar-refractivity contribution in [2.45, 2.75) is 58.1 Å². The number of nitrogens with zero attached hydrogens (tertiary/aromatic N) is 1. The maximum Gasteiger partial charge on any atom is 0.410 e. The van der Waals surface area contributed by atoms with E-state index in [1.54, 1.807) is 4.90 Å². The van der Waals surface area contributed by atoms with E-state index in [-0.39, 0.29) is 12.0 Å². The molecule has 2 aliphatic rings. The third-order valence-electron chi connectivity index (χ3n) is 4.40. The Bertz CT molecular complexity index is 513. The first-order valence-electron chi connectivity index (χ1n) is 8.56. The van der Waals surface area contributed by atoms with Crippen LogP contribution in [-0.2, 0) is 14.6 Å². The van der Waals surface area contributed by atoms with E-state index in [1.807, 2.05) is 20.8 Å². The van der Waals surface area contributed by atoms with Crippen molar-refractivity contribution in [3.8, 4) is 0 Å². The van der Waals surface area contributed by atoms with Crippen molar-refractivity contribution in [2.75, 3.05) is 31.1 Å². The second-order valence-electron chi connectivity index (χ2n) is 7.77. The summed E-state index contributed by atoms with van der Waals surface area (Å²) < 4.78 is 28.4. The summed E-state index contributed by atoms with van der Waals surface area (Å²) in [5.74, 6) is 0.887. The molecule has 23 heavy (non-hydrogen) atoms. The van der Waals surface area contributed by atoms with Gasteiger partial charge in [-0.05, 0) is 58.9 Å². The minimum Gasteiger partial charge on any atom is -0.444 e. The zero-order chi connectivity index (χ0) is 17.1. The van der Waals surface area contributed by atoms with Crippen molar-refractivity contribution in [2.24, 2.45) is 5.92 Å². The molecule has 134 valence electrons. The second kappa shape index (κ2) is 7.38. The summed E-state index contributed by atoms with van der Waals surface area (Å²) in [6.45, 7) is 7.81. The predicted octanol–water partition coefficient (Wildman–Crippen LogP) is 1.80. The highest BCUT2D eigenvalue weighted by atomic mass is 32.2. The minimum atomic E-state index is -2.80. The number of nitrogens with one attached hydrogen (secondary N) is 1. The van der Waals surface area contributed by atoms with Crippen LogP contribution >= 0.6 is 0 Å². The molecule has 7 heteroatoms. The molecule has 0 radical (unpaired) electrons. The van der Waals surface area contributed by atoms with Crippen LogP contribution in [0.5, 0.6) is 0 Å². The number of hydrogen-bond acceptors (Lipinski definition) is 5. The fraction of sp³-hybridized carbons (Fsp3) is 0.938. The molecule has 1 N–H and O–H groups in total. The highest BCUT2D eigenvalue weighted by Gasteiger charge is 2.29. The van der Waals surface area contributed by atoms with Gasteiger partial charge in [0.2, 0.25) is 0 Å². The molecule has 2 rings (SSSR count). The molecule has 2 aliphatic heterocycles. The monoisotopic (exact) mass is 346 g/mol. The third kappa shape index (κ3) is 6.30. The lowest BCUT2D eigenvalue weighted by Gasteiger charge is -2.26. The van der Waals surface area contributed by atoms with E-state index >= 15 is 0 Å². The molecular formula is C16H30N2O4S. The van der Waals surface area contributed by atoms with E-state index in [0.29, 0.717) is 24.1 Å². The van der Waals surface area contributed by atoms with Crippen LogP contribution in [0.15, 0.2) is 0 Å². The van der Waals surface area contributed by atoms with E-state index in [2.05, 4.69) is 5.32 Å². The summed E-state index contributed by atoms with van der Waals surface area (Å²) in [6, 6.07) is 0.353. The van der Waals surface area contributed by atoms with Crippen LogP contribution in [0, 0.1) is 5.92 Å².